The molecule has 0 saturated carbocycles. The Bertz CT molecular complexity index is 353. The van der Waals surface area contributed by atoms with Gasteiger partial charge in [0.25, 0.3) is 0 Å². The average Bonchev–Trinajstić information content (AvgIpc) is 2.27. The SMILES string of the molecule is CCCNc1nc(C(C)CC(C)C)ncc1I. The highest BCUT2D eigenvalue weighted by atomic mass is 127. The van der Waals surface area contributed by atoms with Crippen molar-refractivity contribution in [1.82, 2.24) is 9.97 Å². The molecule has 0 amide bonds. The van der Waals surface area contributed by atoms with Crippen LogP contribution in [-0.2, 0) is 0 Å². The summed E-state index contributed by atoms with van der Waals surface area (Å²) >= 11 is 2.28. The number of nitrogens with zero attached hydrogens (tertiary/aromatic N) is 2. The number of anilines is 1. The molecular weight excluding hydrogens is 325 g/mol. The normalized spacial score (nSPS) is 12.8. The first-order chi connectivity index (χ1) is 8.04. The van der Waals surface area contributed by atoms with Crippen molar-refractivity contribution >= 4 is 28.4 Å². The lowest BCUT2D eigenvalue weighted by molar-refractivity contribution is 0.507. The van der Waals surface area contributed by atoms with E-state index in [2.05, 4.69) is 65.6 Å². The van der Waals surface area contributed by atoms with Crippen LogP contribution in [-0.4, -0.2) is 16.5 Å². The van der Waals surface area contributed by atoms with Crippen molar-refractivity contribution in [2.75, 3.05) is 11.9 Å². The average molecular weight is 347 g/mol. The minimum atomic E-state index is 0.425. The Hall–Kier alpha value is -0.390. The van der Waals surface area contributed by atoms with Crippen molar-refractivity contribution in [2.45, 2.75) is 46.5 Å². The van der Waals surface area contributed by atoms with E-state index in [1.54, 1.807) is 0 Å². The van der Waals surface area contributed by atoms with E-state index in [9.17, 15) is 0 Å². The van der Waals surface area contributed by atoms with Crippen LogP contribution in [0, 0.1) is 9.49 Å². The lowest BCUT2D eigenvalue weighted by Gasteiger charge is -2.14. The maximum Gasteiger partial charge on any atom is 0.143 e. The first kappa shape index (κ1) is 14.7. The lowest BCUT2D eigenvalue weighted by atomic mass is 9.98. The summed E-state index contributed by atoms with van der Waals surface area (Å²) < 4.78 is 1.09. The molecule has 4 heteroatoms. The Balaban J connectivity index is 2.80. The van der Waals surface area contributed by atoms with Gasteiger partial charge < -0.3 is 5.32 Å². The molecule has 1 heterocycles. The second kappa shape index (κ2) is 7.13. The standard InChI is InChI=1S/C13H22IN3/c1-5-6-15-13-11(14)8-16-12(17-13)10(4)7-9(2)3/h8-10H,5-7H2,1-4H3,(H,15,16,17). The van der Waals surface area contributed by atoms with Crippen LogP contribution in [0.25, 0.3) is 0 Å². The molecular formula is C13H22IN3. The van der Waals surface area contributed by atoms with Crippen molar-refractivity contribution in [1.29, 1.82) is 0 Å². The minimum Gasteiger partial charge on any atom is -0.369 e. The van der Waals surface area contributed by atoms with Crippen LogP contribution in [0.2, 0.25) is 0 Å². The summed E-state index contributed by atoms with van der Waals surface area (Å²) in [5, 5.41) is 3.35. The van der Waals surface area contributed by atoms with E-state index in [0.29, 0.717) is 11.8 Å². The van der Waals surface area contributed by atoms with Crippen LogP contribution in [0.15, 0.2) is 6.20 Å². The summed E-state index contributed by atoms with van der Waals surface area (Å²) in [6.45, 7) is 9.79. The van der Waals surface area contributed by atoms with E-state index in [1.165, 1.54) is 0 Å². The maximum absolute atomic E-state index is 4.63. The molecule has 0 bridgehead atoms. The molecule has 0 aliphatic rings. The number of halogens is 1. The molecule has 0 fully saturated rings. The zero-order valence-electron chi connectivity index (χ0n) is 11.1. The Morgan fingerprint density at radius 1 is 1.35 bits per heavy atom. The molecule has 0 aliphatic heterocycles. The van der Waals surface area contributed by atoms with Crippen molar-refractivity contribution in [2.24, 2.45) is 5.92 Å². The third-order valence-electron chi connectivity index (χ3n) is 2.57. The molecule has 0 spiro atoms. The molecule has 1 aromatic heterocycles. The van der Waals surface area contributed by atoms with Gasteiger partial charge in [-0.15, -0.1) is 0 Å². The molecule has 17 heavy (non-hydrogen) atoms. The van der Waals surface area contributed by atoms with Crippen molar-refractivity contribution in [3.63, 3.8) is 0 Å². The zero-order chi connectivity index (χ0) is 12.8. The lowest BCUT2D eigenvalue weighted by Crippen LogP contribution is -2.10. The van der Waals surface area contributed by atoms with Gasteiger partial charge in [0.2, 0.25) is 0 Å². The Morgan fingerprint density at radius 3 is 2.65 bits per heavy atom. The first-order valence-electron chi connectivity index (χ1n) is 6.30. The summed E-state index contributed by atoms with van der Waals surface area (Å²) in [7, 11) is 0. The van der Waals surface area contributed by atoms with Crippen LogP contribution in [0.1, 0.15) is 52.3 Å². The number of hydrogen-bond donors (Lipinski definition) is 1. The second-order valence-electron chi connectivity index (χ2n) is 4.88. The number of rotatable bonds is 6. The fraction of sp³-hybridized carbons (Fsp3) is 0.692. The van der Waals surface area contributed by atoms with E-state index in [1.807, 2.05) is 6.20 Å². The van der Waals surface area contributed by atoms with Crippen LogP contribution < -0.4 is 5.32 Å². The Morgan fingerprint density at radius 2 is 2.06 bits per heavy atom. The molecule has 1 atom stereocenters. The fourth-order valence-electron chi connectivity index (χ4n) is 1.80. The van der Waals surface area contributed by atoms with E-state index < -0.39 is 0 Å². The quantitative estimate of drug-likeness (QED) is 0.789. The topological polar surface area (TPSA) is 37.8 Å². The predicted molar refractivity (Wildman–Crippen MR) is 81.4 cm³/mol. The molecule has 96 valence electrons. The van der Waals surface area contributed by atoms with Gasteiger partial charge in [0.1, 0.15) is 11.6 Å². The van der Waals surface area contributed by atoms with Crippen LogP contribution in [0.4, 0.5) is 5.82 Å². The van der Waals surface area contributed by atoms with E-state index in [-0.39, 0.29) is 0 Å². The third-order valence-corrected chi connectivity index (χ3v) is 3.36. The largest absolute Gasteiger partial charge is 0.369 e. The fourth-order valence-corrected chi connectivity index (χ4v) is 2.25. The maximum atomic E-state index is 4.63. The molecule has 1 unspecified atom stereocenters. The van der Waals surface area contributed by atoms with Crippen molar-refractivity contribution in [3.8, 4) is 0 Å². The van der Waals surface area contributed by atoms with Gasteiger partial charge in [-0.25, -0.2) is 9.97 Å². The molecule has 1 aromatic rings. The molecule has 0 aromatic carbocycles. The molecule has 0 aliphatic carbocycles. The summed E-state index contributed by atoms with van der Waals surface area (Å²) in [6.07, 6.45) is 4.16. The van der Waals surface area contributed by atoms with Crippen LogP contribution in [0.5, 0.6) is 0 Å². The zero-order valence-corrected chi connectivity index (χ0v) is 13.3. The summed E-state index contributed by atoms with van der Waals surface area (Å²) in [6, 6.07) is 0. The van der Waals surface area contributed by atoms with E-state index in [0.717, 1.165) is 34.6 Å². The smallest absolute Gasteiger partial charge is 0.143 e. The van der Waals surface area contributed by atoms with Crippen molar-refractivity contribution < 1.29 is 0 Å². The van der Waals surface area contributed by atoms with Gasteiger partial charge in [0.15, 0.2) is 0 Å². The van der Waals surface area contributed by atoms with E-state index in [4.69, 9.17) is 0 Å². The Labute approximate surface area is 118 Å². The first-order valence-corrected chi connectivity index (χ1v) is 7.38. The molecule has 0 saturated heterocycles. The minimum absolute atomic E-state index is 0.425. The van der Waals surface area contributed by atoms with Gasteiger partial charge in [-0.05, 0) is 41.4 Å². The third kappa shape index (κ3) is 4.77. The van der Waals surface area contributed by atoms with Gasteiger partial charge in [-0.1, -0.05) is 27.7 Å². The van der Waals surface area contributed by atoms with Crippen LogP contribution >= 0.6 is 22.6 Å². The van der Waals surface area contributed by atoms with Gasteiger partial charge in [-0.3, -0.25) is 0 Å². The van der Waals surface area contributed by atoms with Gasteiger partial charge in [-0.2, -0.15) is 0 Å². The number of aromatic nitrogens is 2. The number of hydrogen-bond acceptors (Lipinski definition) is 3. The highest BCUT2D eigenvalue weighted by Crippen LogP contribution is 2.23. The highest BCUT2D eigenvalue weighted by molar-refractivity contribution is 14.1. The second-order valence-corrected chi connectivity index (χ2v) is 6.04. The molecule has 0 radical (unpaired) electrons. The molecule has 1 rings (SSSR count). The van der Waals surface area contributed by atoms with Crippen LogP contribution in [0.3, 0.4) is 0 Å². The van der Waals surface area contributed by atoms with Gasteiger partial charge >= 0.3 is 0 Å². The number of nitrogens with one attached hydrogen (secondary N) is 1. The summed E-state index contributed by atoms with van der Waals surface area (Å²) in [5.74, 6) is 3.04. The predicted octanol–water partition coefficient (Wildman–Crippen LogP) is 4.05. The van der Waals surface area contributed by atoms with E-state index >= 15 is 0 Å². The molecule has 1 N–H and O–H groups in total. The summed E-state index contributed by atoms with van der Waals surface area (Å²) in [4.78, 5) is 9.07. The van der Waals surface area contributed by atoms with Crippen molar-refractivity contribution in [3.05, 3.63) is 15.6 Å². The van der Waals surface area contributed by atoms with Gasteiger partial charge in [0.05, 0.1) is 3.57 Å². The monoisotopic (exact) mass is 347 g/mol. The highest BCUT2D eigenvalue weighted by Gasteiger charge is 2.12. The molecule has 3 nitrogen and oxygen atoms in total. The Kier molecular flexibility index (Phi) is 6.16. The van der Waals surface area contributed by atoms with Gasteiger partial charge in [0, 0.05) is 18.7 Å². The summed E-state index contributed by atoms with van der Waals surface area (Å²) in [5.41, 5.74) is 0.